The number of hydrogen-bond donors (Lipinski definition) is 1. The van der Waals surface area contributed by atoms with Gasteiger partial charge in [0.1, 0.15) is 5.75 Å². The molecule has 1 fully saturated rings. The normalized spacial score (nSPS) is 24.4. The van der Waals surface area contributed by atoms with Crippen LogP contribution in [0.4, 0.5) is 0 Å². The maximum Gasteiger partial charge on any atom is 0.120 e. The van der Waals surface area contributed by atoms with Gasteiger partial charge in [0, 0.05) is 4.47 Å². The van der Waals surface area contributed by atoms with Crippen molar-refractivity contribution in [2.45, 2.75) is 64.6 Å². The first-order chi connectivity index (χ1) is 9.54. The number of aliphatic hydroxyl groups is 1. The lowest BCUT2D eigenvalue weighted by atomic mass is 9.84. The minimum absolute atomic E-state index is 0.158. The van der Waals surface area contributed by atoms with Gasteiger partial charge in [0.15, 0.2) is 0 Å². The average Bonchev–Trinajstić information content (AvgIpc) is 2.42. The smallest absolute Gasteiger partial charge is 0.120 e. The summed E-state index contributed by atoms with van der Waals surface area (Å²) in [7, 11) is 0. The molecule has 0 aromatic heterocycles. The highest BCUT2D eigenvalue weighted by atomic mass is 79.9. The van der Waals surface area contributed by atoms with E-state index in [4.69, 9.17) is 4.74 Å². The lowest BCUT2D eigenvalue weighted by Crippen LogP contribution is -2.24. The van der Waals surface area contributed by atoms with Crippen molar-refractivity contribution in [3.05, 3.63) is 28.2 Å². The second kappa shape index (κ2) is 7.46. The molecule has 0 spiro atoms. The maximum absolute atomic E-state index is 9.35. The fourth-order valence-corrected chi connectivity index (χ4v) is 3.14. The quantitative estimate of drug-likeness (QED) is 0.829. The molecular formula is C17H25BrO2. The van der Waals surface area contributed by atoms with Crippen molar-refractivity contribution in [2.75, 3.05) is 0 Å². The summed E-state index contributed by atoms with van der Waals surface area (Å²) < 4.78 is 7.23. The zero-order chi connectivity index (χ0) is 14.5. The predicted molar refractivity (Wildman–Crippen MR) is 86.2 cm³/mol. The highest BCUT2D eigenvalue weighted by Crippen LogP contribution is 2.31. The van der Waals surface area contributed by atoms with E-state index >= 15 is 0 Å². The second-order valence-electron chi connectivity index (χ2n) is 6.10. The topological polar surface area (TPSA) is 29.5 Å². The molecule has 1 saturated carbocycles. The fourth-order valence-electron chi connectivity index (χ4n) is 2.90. The number of hydrogen-bond acceptors (Lipinski definition) is 2. The number of aliphatic hydroxyl groups excluding tert-OH is 1. The molecule has 2 nitrogen and oxygen atoms in total. The number of benzene rings is 1. The summed E-state index contributed by atoms with van der Waals surface area (Å²) in [6.45, 7) is 3.97. The van der Waals surface area contributed by atoms with Crippen molar-refractivity contribution in [3.8, 4) is 5.75 Å². The summed E-state index contributed by atoms with van der Waals surface area (Å²) >= 11 is 3.52. The summed E-state index contributed by atoms with van der Waals surface area (Å²) in [5.41, 5.74) is 1.22. The van der Waals surface area contributed by atoms with Crippen LogP contribution < -0.4 is 4.74 Å². The van der Waals surface area contributed by atoms with E-state index in [1.807, 2.05) is 13.0 Å². The summed E-state index contributed by atoms with van der Waals surface area (Å²) in [4.78, 5) is 0. The largest absolute Gasteiger partial charge is 0.490 e. The van der Waals surface area contributed by atoms with E-state index in [1.165, 1.54) is 18.4 Å². The third-order valence-corrected chi connectivity index (χ3v) is 5.11. The van der Waals surface area contributed by atoms with Gasteiger partial charge in [0.25, 0.3) is 0 Å². The van der Waals surface area contributed by atoms with Crippen molar-refractivity contribution in [1.29, 1.82) is 0 Å². The van der Waals surface area contributed by atoms with Gasteiger partial charge in [-0.15, -0.1) is 0 Å². The lowest BCUT2D eigenvalue weighted by molar-refractivity contribution is 0.117. The zero-order valence-corrected chi connectivity index (χ0v) is 14.0. The van der Waals surface area contributed by atoms with E-state index < -0.39 is 0 Å². The Balaban J connectivity index is 1.77. The van der Waals surface area contributed by atoms with Crippen LogP contribution in [0.1, 0.15) is 51.0 Å². The van der Waals surface area contributed by atoms with Crippen molar-refractivity contribution < 1.29 is 9.84 Å². The molecule has 0 saturated heterocycles. The van der Waals surface area contributed by atoms with Crippen molar-refractivity contribution in [1.82, 2.24) is 0 Å². The fraction of sp³-hybridized carbons (Fsp3) is 0.647. The number of halogens is 1. The molecule has 0 amide bonds. The first kappa shape index (κ1) is 15.8. The standard InChI is InChI=1S/C17H25BrO2/c1-12-11-16(9-10-17(12)18)20-15-7-5-14(6-8-15)4-3-13(2)19/h9-11,13-15,19H,3-8H2,1-2H3/t13-,14?,15?/m1/s1. The van der Waals surface area contributed by atoms with Gasteiger partial charge in [0.2, 0.25) is 0 Å². The third kappa shape index (κ3) is 4.78. The molecule has 0 unspecified atom stereocenters. The van der Waals surface area contributed by atoms with Crippen molar-refractivity contribution in [3.63, 3.8) is 0 Å². The monoisotopic (exact) mass is 340 g/mol. The number of aryl methyl sites for hydroxylation is 1. The van der Waals surface area contributed by atoms with Crippen LogP contribution in [0.2, 0.25) is 0 Å². The van der Waals surface area contributed by atoms with Crippen LogP contribution in [-0.4, -0.2) is 17.3 Å². The zero-order valence-electron chi connectivity index (χ0n) is 12.4. The maximum atomic E-state index is 9.35. The van der Waals surface area contributed by atoms with Crippen molar-refractivity contribution >= 4 is 15.9 Å². The van der Waals surface area contributed by atoms with E-state index in [0.717, 1.165) is 41.8 Å². The van der Waals surface area contributed by atoms with E-state index in [9.17, 15) is 5.11 Å². The Kier molecular flexibility index (Phi) is 5.91. The molecule has 1 atom stereocenters. The molecule has 112 valence electrons. The summed E-state index contributed by atoms with van der Waals surface area (Å²) in [6, 6.07) is 6.19. The molecule has 1 aromatic rings. The first-order valence-corrected chi connectivity index (χ1v) is 8.44. The van der Waals surface area contributed by atoms with Gasteiger partial charge in [-0.3, -0.25) is 0 Å². The predicted octanol–water partition coefficient (Wildman–Crippen LogP) is 4.86. The molecule has 0 aliphatic heterocycles. The minimum atomic E-state index is -0.158. The summed E-state index contributed by atoms with van der Waals surface area (Å²) in [5.74, 6) is 1.76. The van der Waals surface area contributed by atoms with Crippen LogP contribution >= 0.6 is 15.9 Å². The molecule has 20 heavy (non-hydrogen) atoms. The molecular weight excluding hydrogens is 316 g/mol. The van der Waals surface area contributed by atoms with Crippen molar-refractivity contribution in [2.24, 2.45) is 5.92 Å². The average molecular weight is 341 g/mol. The number of ether oxygens (including phenoxy) is 1. The summed E-state index contributed by atoms with van der Waals surface area (Å²) in [6.07, 6.45) is 7.02. The van der Waals surface area contributed by atoms with Gasteiger partial charge in [-0.1, -0.05) is 15.9 Å². The van der Waals surface area contributed by atoms with Crippen LogP contribution in [0.3, 0.4) is 0 Å². The lowest BCUT2D eigenvalue weighted by Gasteiger charge is -2.29. The molecule has 0 radical (unpaired) electrons. The van der Waals surface area contributed by atoms with E-state index in [-0.39, 0.29) is 6.10 Å². The highest BCUT2D eigenvalue weighted by Gasteiger charge is 2.22. The van der Waals surface area contributed by atoms with Gasteiger partial charge >= 0.3 is 0 Å². The Morgan fingerprint density at radius 3 is 2.60 bits per heavy atom. The minimum Gasteiger partial charge on any atom is -0.490 e. The Morgan fingerprint density at radius 1 is 1.30 bits per heavy atom. The van der Waals surface area contributed by atoms with Crippen LogP contribution in [-0.2, 0) is 0 Å². The molecule has 3 heteroatoms. The van der Waals surface area contributed by atoms with Crippen LogP contribution in [0, 0.1) is 12.8 Å². The Bertz CT molecular complexity index is 423. The van der Waals surface area contributed by atoms with Gasteiger partial charge < -0.3 is 9.84 Å². The van der Waals surface area contributed by atoms with E-state index in [2.05, 4.69) is 35.0 Å². The first-order valence-electron chi connectivity index (χ1n) is 7.65. The number of rotatable bonds is 5. The molecule has 0 bridgehead atoms. The molecule has 1 aromatic carbocycles. The van der Waals surface area contributed by atoms with Gasteiger partial charge in [-0.2, -0.15) is 0 Å². The SMILES string of the molecule is Cc1cc(OC2CCC(CC[C@@H](C)O)CC2)ccc1Br. The van der Waals surface area contributed by atoms with E-state index in [1.54, 1.807) is 0 Å². The Hall–Kier alpha value is -0.540. The summed E-state index contributed by atoms with van der Waals surface area (Å²) in [5, 5.41) is 9.35. The van der Waals surface area contributed by atoms with Gasteiger partial charge in [0.05, 0.1) is 12.2 Å². The molecule has 0 heterocycles. The molecule has 1 N–H and O–H groups in total. The highest BCUT2D eigenvalue weighted by molar-refractivity contribution is 9.10. The molecule has 2 rings (SSSR count). The van der Waals surface area contributed by atoms with Crippen LogP contribution in [0.25, 0.3) is 0 Å². The van der Waals surface area contributed by atoms with E-state index in [0.29, 0.717) is 6.10 Å². The molecule has 1 aliphatic rings. The Morgan fingerprint density at radius 2 is 2.00 bits per heavy atom. The molecule has 1 aliphatic carbocycles. The van der Waals surface area contributed by atoms with Crippen LogP contribution in [0.15, 0.2) is 22.7 Å². The van der Waals surface area contributed by atoms with Crippen LogP contribution in [0.5, 0.6) is 5.75 Å². The second-order valence-corrected chi connectivity index (χ2v) is 6.95. The Labute approximate surface area is 130 Å². The third-order valence-electron chi connectivity index (χ3n) is 4.22. The van der Waals surface area contributed by atoms with Gasteiger partial charge in [-0.25, -0.2) is 0 Å². The van der Waals surface area contributed by atoms with Gasteiger partial charge in [-0.05, 0) is 82.1 Å².